The second kappa shape index (κ2) is 8.02. The zero-order valence-corrected chi connectivity index (χ0v) is 10.9. The van der Waals surface area contributed by atoms with Crippen molar-refractivity contribution in [1.29, 1.82) is 0 Å². The first-order chi connectivity index (χ1) is 7.00. The molecule has 0 fully saturated rings. The van der Waals surface area contributed by atoms with E-state index in [9.17, 15) is 0 Å². The summed E-state index contributed by atoms with van der Waals surface area (Å²) in [5, 5.41) is 0. The predicted molar refractivity (Wildman–Crippen MR) is 67.1 cm³/mol. The molecule has 2 N–H and O–H groups in total. The third-order valence-corrected chi connectivity index (χ3v) is 2.95. The Bertz CT molecular complexity index is 183. The molecule has 0 rings (SSSR count). The highest BCUT2D eigenvalue weighted by Gasteiger charge is 2.20. The van der Waals surface area contributed by atoms with Crippen molar-refractivity contribution in [2.45, 2.75) is 33.1 Å². The van der Waals surface area contributed by atoms with Gasteiger partial charge in [-0.25, -0.2) is 0 Å². The van der Waals surface area contributed by atoms with E-state index in [1.54, 1.807) is 7.11 Å². The van der Waals surface area contributed by atoms with Crippen LogP contribution in [0.5, 0.6) is 0 Å². The summed E-state index contributed by atoms with van der Waals surface area (Å²) in [5.41, 5.74) is 5.57. The van der Waals surface area contributed by atoms with Gasteiger partial charge in [-0.3, -0.25) is 0 Å². The first-order valence-electron chi connectivity index (χ1n) is 5.37. The van der Waals surface area contributed by atoms with E-state index < -0.39 is 0 Å². The molecule has 0 aromatic rings. The summed E-state index contributed by atoms with van der Waals surface area (Å²) in [5.74, 6) is 0. The minimum absolute atomic E-state index is 0.0504. The van der Waals surface area contributed by atoms with Crippen LogP contribution >= 0.6 is 12.2 Å². The number of methoxy groups -OCH3 is 1. The molecule has 0 radical (unpaired) electrons. The monoisotopic (exact) mass is 233 g/mol. The standard InChI is InChI=1S/C11H23NO2S/c1-11(2,10(12)15)6-4-8-14-9-5-7-13-3/h4-9H2,1-3H3,(H2,12,15). The Morgan fingerprint density at radius 2 is 1.80 bits per heavy atom. The number of hydrogen-bond donors (Lipinski definition) is 1. The summed E-state index contributed by atoms with van der Waals surface area (Å²) in [6.07, 6.45) is 2.93. The van der Waals surface area contributed by atoms with E-state index in [4.69, 9.17) is 27.4 Å². The molecule has 0 aromatic carbocycles. The van der Waals surface area contributed by atoms with Gasteiger partial charge in [0.25, 0.3) is 0 Å². The molecule has 0 saturated heterocycles. The lowest BCUT2D eigenvalue weighted by Crippen LogP contribution is -2.29. The van der Waals surface area contributed by atoms with E-state index in [0.717, 1.165) is 39.1 Å². The maximum atomic E-state index is 5.62. The van der Waals surface area contributed by atoms with Gasteiger partial charge in [0.05, 0.1) is 4.99 Å². The third kappa shape index (κ3) is 7.71. The topological polar surface area (TPSA) is 44.5 Å². The first kappa shape index (κ1) is 14.8. The molecule has 0 aliphatic heterocycles. The molecule has 0 amide bonds. The number of hydrogen-bond acceptors (Lipinski definition) is 3. The fourth-order valence-corrected chi connectivity index (χ4v) is 1.25. The number of thiocarbonyl (C=S) groups is 1. The zero-order chi connectivity index (χ0) is 11.7. The lowest BCUT2D eigenvalue weighted by Gasteiger charge is -2.22. The van der Waals surface area contributed by atoms with E-state index in [-0.39, 0.29) is 5.41 Å². The molecule has 0 saturated carbocycles. The van der Waals surface area contributed by atoms with Crippen LogP contribution in [0.25, 0.3) is 0 Å². The van der Waals surface area contributed by atoms with E-state index in [0.29, 0.717) is 4.99 Å². The molecule has 4 heteroatoms. The molecule has 0 aliphatic carbocycles. The van der Waals surface area contributed by atoms with E-state index in [2.05, 4.69) is 13.8 Å². The molecule has 15 heavy (non-hydrogen) atoms. The summed E-state index contributed by atoms with van der Waals surface area (Å²) < 4.78 is 10.4. The van der Waals surface area contributed by atoms with Crippen LogP contribution in [0.2, 0.25) is 0 Å². The highest BCUT2D eigenvalue weighted by Crippen LogP contribution is 2.22. The van der Waals surface area contributed by atoms with Crippen LogP contribution in [0, 0.1) is 5.41 Å². The van der Waals surface area contributed by atoms with Gasteiger partial charge in [0.15, 0.2) is 0 Å². The molecule has 0 heterocycles. The molecule has 0 unspecified atom stereocenters. The van der Waals surface area contributed by atoms with E-state index in [1.807, 2.05) is 0 Å². The Kier molecular flexibility index (Phi) is 7.92. The maximum Gasteiger partial charge on any atom is 0.0784 e. The highest BCUT2D eigenvalue weighted by atomic mass is 32.1. The first-order valence-corrected chi connectivity index (χ1v) is 5.78. The Morgan fingerprint density at radius 1 is 1.20 bits per heavy atom. The van der Waals surface area contributed by atoms with E-state index >= 15 is 0 Å². The van der Waals surface area contributed by atoms with Crippen LogP contribution in [-0.4, -0.2) is 31.9 Å². The van der Waals surface area contributed by atoms with Crippen molar-refractivity contribution in [2.75, 3.05) is 26.9 Å². The lowest BCUT2D eigenvalue weighted by molar-refractivity contribution is 0.0976. The Morgan fingerprint density at radius 3 is 2.33 bits per heavy atom. The minimum atomic E-state index is -0.0504. The number of ether oxygens (including phenoxy) is 2. The van der Waals surface area contributed by atoms with Crippen molar-refractivity contribution >= 4 is 17.2 Å². The summed E-state index contributed by atoms with van der Waals surface area (Å²) in [4.78, 5) is 0.585. The Balaban J connectivity index is 3.35. The third-order valence-electron chi connectivity index (χ3n) is 2.39. The molecule has 3 nitrogen and oxygen atoms in total. The average Bonchev–Trinajstić information content (AvgIpc) is 2.16. The van der Waals surface area contributed by atoms with Crippen molar-refractivity contribution in [1.82, 2.24) is 0 Å². The van der Waals surface area contributed by atoms with Crippen LogP contribution in [0.3, 0.4) is 0 Å². The minimum Gasteiger partial charge on any atom is -0.393 e. The zero-order valence-electron chi connectivity index (χ0n) is 10.0. The molecule has 0 aromatic heterocycles. The summed E-state index contributed by atoms with van der Waals surface area (Å²) in [6.45, 7) is 6.44. The maximum absolute atomic E-state index is 5.62. The van der Waals surface area contributed by atoms with Crippen molar-refractivity contribution in [3.05, 3.63) is 0 Å². The van der Waals surface area contributed by atoms with Crippen molar-refractivity contribution in [3.63, 3.8) is 0 Å². The Hall–Kier alpha value is -0.190. The molecule has 0 spiro atoms. The quantitative estimate of drug-likeness (QED) is 0.489. The Labute approximate surface area is 98.3 Å². The van der Waals surface area contributed by atoms with Crippen molar-refractivity contribution in [3.8, 4) is 0 Å². The SMILES string of the molecule is COCCCOCCCC(C)(C)C(N)=S. The van der Waals surface area contributed by atoms with Gasteiger partial charge in [-0.2, -0.15) is 0 Å². The van der Waals surface area contributed by atoms with Gasteiger partial charge in [-0.15, -0.1) is 0 Å². The van der Waals surface area contributed by atoms with Gasteiger partial charge in [-0.05, 0) is 19.3 Å². The molecular weight excluding hydrogens is 210 g/mol. The highest BCUT2D eigenvalue weighted by molar-refractivity contribution is 7.80. The van der Waals surface area contributed by atoms with E-state index in [1.165, 1.54) is 0 Å². The smallest absolute Gasteiger partial charge is 0.0784 e. The van der Waals surface area contributed by atoms with Crippen molar-refractivity contribution < 1.29 is 9.47 Å². The van der Waals surface area contributed by atoms with Crippen LogP contribution in [0.15, 0.2) is 0 Å². The second-order valence-corrected chi connectivity index (χ2v) is 4.75. The molecule has 90 valence electrons. The summed E-state index contributed by atoms with van der Waals surface area (Å²) in [7, 11) is 1.70. The summed E-state index contributed by atoms with van der Waals surface area (Å²) >= 11 is 4.99. The van der Waals surface area contributed by atoms with Gasteiger partial charge >= 0.3 is 0 Å². The lowest BCUT2D eigenvalue weighted by atomic mass is 9.88. The fourth-order valence-electron chi connectivity index (χ4n) is 1.15. The van der Waals surface area contributed by atoms with Crippen LogP contribution in [0.1, 0.15) is 33.1 Å². The number of nitrogens with two attached hydrogens (primary N) is 1. The normalized spacial score (nSPS) is 11.7. The van der Waals surface area contributed by atoms with Crippen LogP contribution in [0.4, 0.5) is 0 Å². The molecule has 0 atom stereocenters. The van der Waals surface area contributed by atoms with Crippen LogP contribution < -0.4 is 5.73 Å². The average molecular weight is 233 g/mol. The van der Waals surface area contributed by atoms with Gasteiger partial charge in [0.2, 0.25) is 0 Å². The number of rotatable bonds is 9. The largest absolute Gasteiger partial charge is 0.393 e. The van der Waals surface area contributed by atoms with Gasteiger partial charge in [-0.1, -0.05) is 26.1 Å². The summed E-state index contributed by atoms with van der Waals surface area (Å²) in [6, 6.07) is 0. The van der Waals surface area contributed by atoms with Gasteiger partial charge in [0, 0.05) is 32.3 Å². The van der Waals surface area contributed by atoms with Crippen molar-refractivity contribution in [2.24, 2.45) is 11.1 Å². The van der Waals surface area contributed by atoms with Gasteiger partial charge < -0.3 is 15.2 Å². The molecule has 0 aliphatic rings. The fraction of sp³-hybridized carbons (Fsp3) is 0.909. The molecule has 0 bridgehead atoms. The second-order valence-electron chi connectivity index (χ2n) is 4.31. The van der Waals surface area contributed by atoms with Gasteiger partial charge in [0.1, 0.15) is 0 Å². The van der Waals surface area contributed by atoms with Crippen LogP contribution in [-0.2, 0) is 9.47 Å². The molecular formula is C11H23NO2S. The predicted octanol–water partition coefficient (Wildman–Crippen LogP) is 2.13.